The third-order valence-electron chi connectivity index (χ3n) is 10.4. The summed E-state index contributed by atoms with van der Waals surface area (Å²) >= 11 is 0. The highest BCUT2D eigenvalue weighted by molar-refractivity contribution is 5.96. The predicted octanol–water partition coefficient (Wildman–Crippen LogP) is 4.66. The summed E-state index contributed by atoms with van der Waals surface area (Å²) in [6.07, 6.45) is 16.4. The molecule has 1 amide bonds. The second-order valence-electron chi connectivity index (χ2n) is 12.8. The first kappa shape index (κ1) is 19.5. The van der Waals surface area contributed by atoms with Crippen molar-refractivity contribution in [2.24, 2.45) is 40.9 Å². The Hall–Kier alpha value is -1.92. The number of amides is 1. The van der Waals surface area contributed by atoms with Crippen LogP contribution in [0, 0.1) is 51.0 Å². The molecule has 172 valence electrons. The molecule has 8 saturated carbocycles. The Kier molecular flexibility index (Phi) is 4.01. The Morgan fingerprint density at radius 3 is 1.88 bits per heavy atom. The number of nitro groups is 1. The lowest BCUT2D eigenvalue weighted by atomic mass is 9.49. The molecule has 8 aliphatic carbocycles. The number of carbonyl (C=O) groups is 1. The van der Waals surface area contributed by atoms with Gasteiger partial charge in [0.1, 0.15) is 6.20 Å². The van der Waals surface area contributed by atoms with Gasteiger partial charge >= 0.3 is 5.69 Å². The maximum atomic E-state index is 13.2. The molecule has 0 radical (unpaired) electrons. The first-order valence-electron chi connectivity index (χ1n) is 12.9. The van der Waals surface area contributed by atoms with E-state index in [2.05, 4.69) is 10.4 Å². The van der Waals surface area contributed by atoms with Gasteiger partial charge in [0.25, 0.3) is 5.91 Å². The number of rotatable bonds is 5. The van der Waals surface area contributed by atoms with Crippen LogP contribution in [0.15, 0.2) is 6.20 Å². The molecule has 8 bridgehead atoms. The van der Waals surface area contributed by atoms with Crippen LogP contribution in [0.25, 0.3) is 0 Å². The van der Waals surface area contributed by atoms with E-state index in [1.807, 2.05) is 4.68 Å². The minimum absolute atomic E-state index is 0.0236. The summed E-state index contributed by atoms with van der Waals surface area (Å²) in [6, 6.07) is 0. The van der Waals surface area contributed by atoms with E-state index < -0.39 is 4.92 Å². The number of nitrogens with one attached hydrogen (secondary N) is 1. The predicted molar refractivity (Wildman–Crippen MR) is 118 cm³/mol. The average molecular weight is 439 g/mol. The molecule has 8 aliphatic rings. The summed E-state index contributed by atoms with van der Waals surface area (Å²) in [5.74, 6) is 4.28. The van der Waals surface area contributed by atoms with Gasteiger partial charge in [0, 0.05) is 6.54 Å². The smallest absolute Gasteiger partial charge is 0.320 e. The van der Waals surface area contributed by atoms with E-state index in [1.165, 1.54) is 57.8 Å². The summed E-state index contributed by atoms with van der Waals surface area (Å²) in [6.45, 7) is 0.650. The van der Waals surface area contributed by atoms with Crippen molar-refractivity contribution in [2.75, 3.05) is 6.54 Å². The van der Waals surface area contributed by atoms with Gasteiger partial charge in [0.15, 0.2) is 0 Å². The van der Waals surface area contributed by atoms with E-state index >= 15 is 0 Å². The molecule has 9 rings (SSSR count). The lowest BCUT2D eigenvalue weighted by Gasteiger charge is -2.56. The molecule has 0 atom stereocenters. The second-order valence-corrected chi connectivity index (χ2v) is 12.8. The maximum absolute atomic E-state index is 13.2. The van der Waals surface area contributed by atoms with E-state index in [4.69, 9.17) is 0 Å². The quantitative estimate of drug-likeness (QED) is 0.535. The molecule has 0 saturated heterocycles. The Morgan fingerprint density at radius 2 is 1.41 bits per heavy atom. The molecular formula is C25H34N4O3. The minimum atomic E-state index is -0.413. The zero-order valence-electron chi connectivity index (χ0n) is 18.8. The van der Waals surface area contributed by atoms with Crippen LogP contribution in [0.2, 0.25) is 0 Å². The molecule has 1 N–H and O–H groups in total. The highest BCUT2D eigenvalue weighted by Gasteiger charge is 2.54. The van der Waals surface area contributed by atoms with Gasteiger partial charge < -0.3 is 5.32 Å². The molecule has 1 heterocycles. The summed E-state index contributed by atoms with van der Waals surface area (Å²) in [5.41, 5.74) is -0.00106. The van der Waals surface area contributed by atoms with Gasteiger partial charge in [-0.05, 0) is 118 Å². The molecule has 32 heavy (non-hydrogen) atoms. The van der Waals surface area contributed by atoms with E-state index in [1.54, 1.807) is 6.20 Å². The molecule has 1 aromatic rings. The maximum Gasteiger partial charge on any atom is 0.320 e. The molecule has 0 aromatic carbocycles. The van der Waals surface area contributed by atoms with Crippen LogP contribution in [0.5, 0.6) is 0 Å². The third-order valence-corrected chi connectivity index (χ3v) is 10.4. The fourth-order valence-corrected chi connectivity index (χ4v) is 10.1. The fraction of sp³-hybridized carbons (Fsp3) is 0.840. The topological polar surface area (TPSA) is 90.1 Å². The summed E-state index contributed by atoms with van der Waals surface area (Å²) in [4.78, 5) is 24.7. The van der Waals surface area contributed by atoms with Crippen molar-refractivity contribution in [3.63, 3.8) is 0 Å². The van der Waals surface area contributed by atoms with Crippen molar-refractivity contribution < 1.29 is 9.72 Å². The average Bonchev–Trinajstić information content (AvgIpc) is 3.17. The minimum Gasteiger partial charge on any atom is -0.350 e. The van der Waals surface area contributed by atoms with Crippen molar-refractivity contribution in [3.8, 4) is 0 Å². The highest BCUT2D eigenvalue weighted by Crippen LogP contribution is 2.60. The van der Waals surface area contributed by atoms with Crippen LogP contribution in [0.4, 0.5) is 5.69 Å². The lowest BCUT2D eigenvalue weighted by Crippen LogP contribution is -2.52. The first-order valence-corrected chi connectivity index (χ1v) is 12.9. The van der Waals surface area contributed by atoms with Gasteiger partial charge in [-0.25, -0.2) is 0 Å². The number of hydrogen-bond donors (Lipinski definition) is 1. The van der Waals surface area contributed by atoms with Gasteiger partial charge in [0.05, 0.1) is 10.5 Å². The van der Waals surface area contributed by atoms with Crippen molar-refractivity contribution in [1.82, 2.24) is 15.1 Å². The summed E-state index contributed by atoms with van der Waals surface area (Å²) < 4.78 is 1.86. The molecule has 0 spiro atoms. The Labute approximate surface area is 188 Å². The molecule has 1 aromatic heterocycles. The van der Waals surface area contributed by atoms with Crippen molar-refractivity contribution in [3.05, 3.63) is 22.0 Å². The van der Waals surface area contributed by atoms with E-state index in [0.717, 1.165) is 54.8 Å². The zero-order valence-corrected chi connectivity index (χ0v) is 18.8. The van der Waals surface area contributed by atoms with Gasteiger partial charge in [-0.15, -0.1) is 0 Å². The normalized spacial score (nSPS) is 45.4. The number of aromatic nitrogens is 2. The van der Waals surface area contributed by atoms with Gasteiger partial charge in [-0.3, -0.25) is 19.6 Å². The second kappa shape index (κ2) is 6.57. The standard InChI is InChI=1S/C25H34N4O3/c30-23(26-14-24-7-15-1-16(8-24)3-17(2-15)9-24)22-21(29(31)32)13-28(27-22)25-10-18-4-19(11-25)6-20(5-18)12-25/h13,15-20H,1-12,14H2,(H,26,30). The molecule has 7 nitrogen and oxygen atoms in total. The van der Waals surface area contributed by atoms with E-state index in [0.29, 0.717) is 6.54 Å². The molecule has 0 unspecified atom stereocenters. The lowest BCUT2D eigenvalue weighted by molar-refractivity contribution is -0.385. The van der Waals surface area contributed by atoms with Gasteiger partial charge in [-0.1, -0.05) is 0 Å². The SMILES string of the molecule is O=C(NCC12CC3CC(CC(C3)C1)C2)c1nn(C23CC4CC(CC(C4)C2)C3)cc1[N+](=O)[O-]. The van der Waals surface area contributed by atoms with Crippen molar-refractivity contribution in [1.29, 1.82) is 0 Å². The first-order chi connectivity index (χ1) is 15.4. The van der Waals surface area contributed by atoms with Crippen LogP contribution < -0.4 is 5.32 Å². The van der Waals surface area contributed by atoms with Crippen LogP contribution >= 0.6 is 0 Å². The van der Waals surface area contributed by atoms with Crippen LogP contribution in [0.1, 0.15) is 87.5 Å². The Bertz CT molecular complexity index is 911. The third kappa shape index (κ3) is 2.91. The number of nitrogens with zero attached hydrogens (tertiary/aromatic N) is 3. The van der Waals surface area contributed by atoms with Gasteiger partial charge in [0.2, 0.25) is 5.69 Å². The zero-order chi connectivity index (χ0) is 21.7. The van der Waals surface area contributed by atoms with Crippen LogP contribution in [-0.2, 0) is 5.54 Å². The molecule has 0 aliphatic heterocycles. The number of hydrogen-bond acceptors (Lipinski definition) is 4. The molecule has 8 fully saturated rings. The monoisotopic (exact) mass is 438 g/mol. The number of carbonyl (C=O) groups excluding carboxylic acids is 1. The van der Waals surface area contributed by atoms with E-state index in [-0.39, 0.29) is 28.2 Å². The summed E-state index contributed by atoms with van der Waals surface area (Å²) in [5, 5.41) is 19.6. The Balaban J connectivity index is 1.14. The largest absolute Gasteiger partial charge is 0.350 e. The van der Waals surface area contributed by atoms with Crippen molar-refractivity contribution >= 4 is 11.6 Å². The fourth-order valence-electron chi connectivity index (χ4n) is 10.1. The Morgan fingerprint density at radius 1 is 0.938 bits per heavy atom. The summed E-state index contributed by atoms with van der Waals surface area (Å²) in [7, 11) is 0. The van der Waals surface area contributed by atoms with Crippen molar-refractivity contribution in [2.45, 2.75) is 82.6 Å². The molecular weight excluding hydrogens is 404 g/mol. The van der Waals surface area contributed by atoms with Gasteiger partial charge in [-0.2, -0.15) is 5.10 Å². The van der Waals surface area contributed by atoms with E-state index in [9.17, 15) is 14.9 Å². The highest BCUT2D eigenvalue weighted by atomic mass is 16.6. The molecule has 7 heteroatoms. The van der Waals surface area contributed by atoms with Crippen LogP contribution in [-0.4, -0.2) is 27.2 Å². The van der Waals surface area contributed by atoms with Crippen LogP contribution in [0.3, 0.4) is 0 Å².